The zero-order chi connectivity index (χ0) is 15.5. The quantitative estimate of drug-likeness (QED) is 0.885. The Kier molecular flexibility index (Phi) is 4.35. The van der Waals surface area contributed by atoms with Crippen LogP contribution in [0.25, 0.3) is 5.65 Å². The first-order valence-corrected chi connectivity index (χ1v) is 7.55. The first kappa shape index (κ1) is 14.9. The fourth-order valence-electron chi connectivity index (χ4n) is 2.68. The lowest BCUT2D eigenvalue weighted by atomic mass is 10.3. The lowest BCUT2D eigenvalue weighted by Gasteiger charge is -2.26. The minimum absolute atomic E-state index is 0.124. The normalized spacial score (nSPS) is 16.1. The van der Waals surface area contributed by atoms with Crippen LogP contribution in [0, 0.1) is 13.8 Å². The van der Waals surface area contributed by atoms with Crippen LogP contribution in [0.15, 0.2) is 12.3 Å². The predicted molar refractivity (Wildman–Crippen MR) is 82.1 cm³/mol. The highest BCUT2D eigenvalue weighted by Gasteiger charge is 2.16. The molecule has 118 valence electrons. The van der Waals surface area contributed by atoms with Crippen molar-refractivity contribution < 1.29 is 9.53 Å². The van der Waals surface area contributed by atoms with Gasteiger partial charge in [-0.3, -0.25) is 9.69 Å². The SMILES string of the molecule is Cc1cc(C)n2ncc(C(=O)NCCN3CCOCC3)c2n1. The number of aromatic nitrogens is 3. The van der Waals surface area contributed by atoms with Gasteiger partial charge in [0.2, 0.25) is 0 Å². The van der Waals surface area contributed by atoms with Crippen molar-refractivity contribution in [3.8, 4) is 0 Å². The van der Waals surface area contributed by atoms with Crippen LogP contribution in [0.1, 0.15) is 21.7 Å². The minimum Gasteiger partial charge on any atom is -0.379 e. The van der Waals surface area contributed by atoms with E-state index in [2.05, 4.69) is 20.3 Å². The highest BCUT2D eigenvalue weighted by atomic mass is 16.5. The fraction of sp³-hybridized carbons (Fsp3) is 0.533. The first-order valence-electron chi connectivity index (χ1n) is 7.55. The molecule has 7 heteroatoms. The Hall–Kier alpha value is -1.99. The van der Waals surface area contributed by atoms with Gasteiger partial charge in [0, 0.05) is 37.6 Å². The maximum absolute atomic E-state index is 12.3. The molecule has 3 heterocycles. The Morgan fingerprint density at radius 2 is 2.14 bits per heavy atom. The predicted octanol–water partition coefficient (Wildman–Crippen LogP) is 0.408. The number of morpholine rings is 1. The van der Waals surface area contributed by atoms with Crippen LogP contribution in [0.4, 0.5) is 0 Å². The van der Waals surface area contributed by atoms with Crippen LogP contribution in [0.3, 0.4) is 0 Å². The minimum atomic E-state index is -0.124. The molecule has 2 aromatic rings. The third-order valence-corrected chi connectivity index (χ3v) is 3.84. The molecular weight excluding hydrogens is 282 g/mol. The third kappa shape index (κ3) is 3.10. The van der Waals surface area contributed by atoms with Crippen molar-refractivity contribution in [1.82, 2.24) is 24.8 Å². The summed E-state index contributed by atoms with van der Waals surface area (Å²) in [5, 5.41) is 7.19. The molecule has 0 atom stereocenters. The van der Waals surface area contributed by atoms with E-state index in [1.165, 1.54) is 0 Å². The van der Waals surface area contributed by atoms with Crippen LogP contribution >= 0.6 is 0 Å². The van der Waals surface area contributed by atoms with Crippen molar-refractivity contribution in [1.29, 1.82) is 0 Å². The van der Waals surface area contributed by atoms with Crippen LogP contribution < -0.4 is 5.32 Å². The van der Waals surface area contributed by atoms with Crippen molar-refractivity contribution >= 4 is 11.6 Å². The van der Waals surface area contributed by atoms with Gasteiger partial charge in [-0.2, -0.15) is 5.10 Å². The lowest BCUT2D eigenvalue weighted by Crippen LogP contribution is -2.41. The molecular formula is C15H21N5O2. The number of carbonyl (C=O) groups is 1. The lowest BCUT2D eigenvalue weighted by molar-refractivity contribution is 0.0383. The van der Waals surface area contributed by atoms with E-state index in [0.29, 0.717) is 17.8 Å². The second-order valence-electron chi connectivity index (χ2n) is 5.54. The average molecular weight is 303 g/mol. The third-order valence-electron chi connectivity index (χ3n) is 3.84. The number of fused-ring (bicyclic) bond motifs is 1. The molecule has 1 aliphatic heterocycles. The van der Waals surface area contributed by atoms with Gasteiger partial charge in [-0.25, -0.2) is 9.50 Å². The maximum atomic E-state index is 12.3. The zero-order valence-corrected chi connectivity index (χ0v) is 13.0. The van der Waals surface area contributed by atoms with Gasteiger partial charge in [-0.15, -0.1) is 0 Å². The van der Waals surface area contributed by atoms with Crippen LogP contribution in [-0.2, 0) is 4.74 Å². The van der Waals surface area contributed by atoms with Gasteiger partial charge < -0.3 is 10.1 Å². The molecule has 0 aliphatic carbocycles. The number of aryl methyl sites for hydroxylation is 2. The van der Waals surface area contributed by atoms with E-state index < -0.39 is 0 Å². The van der Waals surface area contributed by atoms with Crippen LogP contribution in [0.5, 0.6) is 0 Å². The Labute approximate surface area is 129 Å². The molecule has 0 unspecified atom stereocenters. The molecule has 1 aliphatic rings. The number of carbonyl (C=O) groups excluding carboxylic acids is 1. The molecule has 0 radical (unpaired) electrons. The van der Waals surface area contributed by atoms with Gasteiger partial charge >= 0.3 is 0 Å². The van der Waals surface area contributed by atoms with E-state index in [1.807, 2.05) is 19.9 Å². The number of nitrogens with zero attached hydrogens (tertiary/aromatic N) is 4. The van der Waals surface area contributed by atoms with Gasteiger partial charge in [0.1, 0.15) is 5.56 Å². The van der Waals surface area contributed by atoms with E-state index in [0.717, 1.165) is 44.2 Å². The number of nitrogens with one attached hydrogen (secondary N) is 1. The summed E-state index contributed by atoms with van der Waals surface area (Å²) in [6.45, 7) is 8.70. The highest BCUT2D eigenvalue weighted by Crippen LogP contribution is 2.11. The first-order chi connectivity index (χ1) is 10.6. The van der Waals surface area contributed by atoms with Gasteiger partial charge in [-0.1, -0.05) is 0 Å². The van der Waals surface area contributed by atoms with Gasteiger partial charge in [-0.05, 0) is 19.9 Å². The van der Waals surface area contributed by atoms with Gasteiger partial charge in [0.25, 0.3) is 5.91 Å². The second kappa shape index (κ2) is 6.41. The van der Waals surface area contributed by atoms with Crippen molar-refractivity contribution in [3.05, 3.63) is 29.2 Å². The van der Waals surface area contributed by atoms with Gasteiger partial charge in [0.15, 0.2) is 5.65 Å². The highest BCUT2D eigenvalue weighted by molar-refractivity contribution is 5.99. The van der Waals surface area contributed by atoms with Crippen molar-refractivity contribution in [3.63, 3.8) is 0 Å². The number of hydrogen-bond acceptors (Lipinski definition) is 5. The zero-order valence-electron chi connectivity index (χ0n) is 13.0. The van der Waals surface area contributed by atoms with Gasteiger partial charge in [0.05, 0.1) is 19.4 Å². The van der Waals surface area contributed by atoms with E-state index >= 15 is 0 Å². The second-order valence-corrected chi connectivity index (χ2v) is 5.54. The average Bonchev–Trinajstić information content (AvgIpc) is 2.92. The Morgan fingerprint density at radius 3 is 2.91 bits per heavy atom. The molecule has 22 heavy (non-hydrogen) atoms. The number of amides is 1. The summed E-state index contributed by atoms with van der Waals surface area (Å²) in [7, 11) is 0. The summed E-state index contributed by atoms with van der Waals surface area (Å²) in [6.07, 6.45) is 1.58. The summed E-state index contributed by atoms with van der Waals surface area (Å²) in [4.78, 5) is 19.0. The Balaban J connectivity index is 1.65. The Bertz CT molecular complexity index is 676. The topological polar surface area (TPSA) is 71.8 Å². The van der Waals surface area contributed by atoms with E-state index in [-0.39, 0.29) is 5.91 Å². The molecule has 1 fully saturated rings. The van der Waals surface area contributed by atoms with Crippen molar-refractivity contribution in [2.75, 3.05) is 39.4 Å². The van der Waals surface area contributed by atoms with Crippen LogP contribution in [-0.4, -0.2) is 64.8 Å². The molecule has 0 bridgehead atoms. The Morgan fingerprint density at radius 1 is 1.36 bits per heavy atom. The standard InChI is InChI=1S/C15H21N5O2/c1-11-9-12(2)20-14(18-11)13(10-17-20)15(21)16-3-4-19-5-7-22-8-6-19/h9-10H,3-8H2,1-2H3,(H,16,21). The molecule has 0 spiro atoms. The monoisotopic (exact) mass is 303 g/mol. The molecule has 0 aromatic carbocycles. The molecule has 1 N–H and O–H groups in total. The fourth-order valence-corrected chi connectivity index (χ4v) is 2.68. The largest absolute Gasteiger partial charge is 0.379 e. The molecule has 1 saturated heterocycles. The number of hydrogen-bond donors (Lipinski definition) is 1. The molecule has 3 rings (SSSR count). The maximum Gasteiger partial charge on any atom is 0.256 e. The summed E-state index contributed by atoms with van der Waals surface area (Å²) < 4.78 is 7.01. The van der Waals surface area contributed by atoms with Crippen LogP contribution in [0.2, 0.25) is 0 Å². The molecule has 1 amide bonds. The molecule has 2 aromatic heterocycles. The van der Waals surface area contributed by atoms with E-state index in [4.69, 9.17) is 4.74 Å². The smallest absolute Gasteiger partial charge is 0.256 e. The summed E-state index contributed by atoms with van der Waals surface area (Å²) in [5.41, 5.74) is 2.98. The molecule has 7 nitrogen and oxygen atoms in total. The van der Waals surface area contributed by atoms with E-state index in [9.17, 15) is 4.79 Å². The van der Waals surface area contributed by atoms with Crippen molar-refractivity contribution in [2.24, 2.45) is 0 Å². The summed E-state index contributed by atoms with van der Waals surface area (Å²) in [5.74, 6) is -0.124. The number of ether oxygens (including phenoxy) is 1. The summed E-state index contributed by atoms with van der Waals surface area (Å²) in [6, 6.07) is 1.94. The molecule has 0 saturated carbocycles. The number of rotatable bonds is 4. The van der Waals surface area contributed by atoms with Crippen molar-refractivity contribution in [2.45, 2.75) is 13.8 Å². The van der Waals surface area contributed by atoms with E-state index in [1.54, 1.807) is 10.7 Å². The summed E-state index contributed by atoms with van der Waals surface area (Å²) >= 11 is 0.